The fourth-order valence-electron chi connectivity index (χ4n) is 1.54. The second kappa shape index (κ2) is 7.72. The first-order valence-electron chi connectivity index (χ1n) is 6.25. The minimum Gasteiger partial charge on any atom is -0.492 e. The highest BCUT2D eigenvalue weighted by Gasteiger charge is 2.08. The van der Waals surface area contributed by atoms with Crippen LogP contribution in [0.1, 0.15) is 27.2 Å². The minimum atomic E-state index is 0.550. The summed E-state index contributed by atoms with van der Waals surface area (Å²) in [6.45, 7) is 8.33. The molecule has 0 aliphatic rings. The first-order valence-corrected chi connectivity index (χ1v) is 7.04. The van der Waals surface area contributed by atoms with Crippen LogP contribution in [0, 0.1) is 5.92 Å². The summed E-state index contributed by atoms with van der Waals surface area (Å²) >= 11 is 3.40. The monoisotopic (exact) mass is 299 g/mol. The second-order valence-electron chi connectivity index (χ2n) is 4.43. The third kappa shape index (κ3) is 5.55. The molecular weight excluding hydrogens is 278 g/mol. The van der Waals surface area contributed by atoms with Crippen LogP contribution >= 0.6 is 15.9 Å². The van der Waals surface area contributed by atoms with E-state index < -0.39 is 0 Å². The fraction of sp³-hybridized carbons (Fsp3) is 0.571. The van der Waals surface area contributed by atoms with Crippen molar-refractivity contribution < 1.29 is 4.74 Å². The average molecular weight is 300 g/mol. The molecule has 0 radical (unpaired) electrons. The van der Waals surface area contributed by atoms with Gasteiger partial charge in [-0.25, -0.2) is 0 Å². The van der Waals surface area contributed by atoms with Crippen LogP contribution in [0.2, 0.25) is 0 Å². The molecule has 0 aliphatic carbocycles. The Morgan fingerprint density at radius 2 is 1.88 bits per heavy atom. The number of benzene rings is 1. The number of rotatable bonds is 7. The van der Waals surface area contributed by atoms with Gasteiger partial charge < -0.3 is 10.1 Å². The van der Waals surface area contributed by atoms with Crippen molar-refractivity contribution in [2.75, 3.05) is 13.2 Å². The van der Waals surface area contributed by atoms with Crippen molar-refractivity contribution >= 4 is 15.9 Å². The standard InChI is InChI=1S/C14H22BrNO/c1-4-11(2)12(3)16-9-10-17-14-7-5-13(15)6-8-14/h5-8,11-12,16H,4,9-10H2,1-3H3. The normalized spacial score (nSPS) is 14.4. The summed E-state index contributed by atoms with van der Waals surface area (Å²) in [5.74, 6) is 1.63. The molecule has 0 aromatic heterocycles. The summed E-state index contributed by atoms with van der Waals surface area (Å²) in [5.41, 5.74) is 0. The van der Waals surface area contributed by atoms with E-state index in [9.17, 15) is 0 Å². The zero-order valence-corrected chi connectivity index (χ0v) is 12.5. The zero-order valence-electron chi connectivity index (χ0n) is 10.9. The number of hydrogen-bond donors (Lipinski definition) is 1. The van der Waals surface area contributed by atoms with Crippen LogP contribution in [-0.2, 0) is 0 Å². The van der Waals surface area contributed by atoms with Gasteiger partial charge in [0, 0.05) is 17.1 Å². The van der Waals surface area contributed by atoms with Gasteiger partial charge in [-0.05, 0) is 37.1 Å². The summed E-state index contributed by atoms with van der Waals surface area (Å²) in [5, 5.41) is 3.48. The van der Waals surface area contributed by atoms with E-state index in [1.54, 1.807) is 0 Å². The van der Waals surface area contributed by atoms with E-state index in [-0.39, 0.29) is 0 Å². The molecule has 0 aliphatic heterocycles. The molecule has 1 rings (SSSR count). The quantitative estimate of drug-likeness (QED) is 0.772. The summed E-state index contributed by atoms with van der Waals surface area (Å²) < 4.78 is 6.72. The maximum atomic E-state index is 5.64. The maximum absolute atomic E-state index is 5.64. The number of ether oxygens (including phenoxy) is 1. The van der Waals surface area contributed by atoms with Gasteiger partial charge in [0.15, 0.2) is 0 Å². The SMILES string of the molecule is CCC(C)C(C)NCCOc1ccc(Br)cc1. The first kappa shape index (κ1) is 14.5. The van der Waals surface area contributed by atoms with Crippen molar-refractivity contribution in [3.63, 3.8) is 0 Å². The molecule has 0 saturated carbocycles. The molecule has 2 unspecified atom stereocenters. The second-order valence-corrected chi connectivity index (χ2v) is 5.35. The molecule has 2 atom stereocenters. The molecule has 17 heavy (non-hydrogen) atoms. The highest BCUT2D eigenvalue weighted by molar-refractivity contribution is 9.10. The van der Waals surface area contributed by atoms with Gasteiger partial charge in [-0.15, -0.1) is 0 Å². The van der Waals surface area contributed by atoms with Crippen LogP contribution in [0.15, 0.2) is 28.7 Å². The third-order valence-electron chi connectivity index (χ3n) is 3.15. The molecule has 0 saturated heterocycles. The van der Waals surface area contributed by atoms with E-state index >= 15 is 0 Å². The van der Waals surface area contributed by atoms with Gasteiger partial charge in [0.1, 0.15) is 12.4 Å². The Kier molecular flexibility index (Phi) is 6.60. The Morgan fingerprint density at radius 3 is 2.47 bits per heavy atom. The molecule has 0 fully saturated rings. The van der Waals surface area contributed by atoms with E-state index in [4.69, 9.17) is 4.74 Å². The molecule has 1 aromatic rings. The molecule has 3 heteroatoms. The van der Waals surface area contributed by atoms with Gasteiger partial charge in [0.05, 0.1) is 0 Å². The first-order chi connectivity index (χ1) is 8.13. The topological polar surface area (TPSA) is 21.3 Å². The van der Waals surface area contributed by atoms with Crippen LogP contribution in [0.4, 0.5) is 0 Å². The zero-order chi connectivity index (χ0) is 12.7. The van der Waals surface area contributed by atoms with Gasteiger partial charge in [0.2, 0.25) is 0 Å². The molecule has 2 nitrogen and oxygen atoms in total. The van der Waals surface area contributed by atoms with Crippen LogP contribution < -0.4 is 10.1 Å². The Morgan fingerprint density at radius 1 is 1.24 bits per heavy atom. The summed E-state index contributed by atoms with van der Waals surface area (Å²) in [6, 6.07) is 8.48. The minimum absolute atomic E-state index is 0.550. The molecule has 1 aromatic carbocycles. The highest BCUT2D eigenvalue weighted by atomic mass is 79.9. The summed E-state index contributed by atoms with van der Waals surface area (Å²) in [4.78, 5) is 0. The van der Waals surface area contributed by atoms with E-state index in [1.165, 1.54) is 6.42 Å². The molecular formula is C14H22BrNO. The van der Waals surface area contributed by atoms with E-state index in [1.807, 2.05) is 24.3 Å². The molecule has 1 N–H and O–H groups in total. The Bertz CT molecular complexity index is 313. The van der Waals surface area contributed by atoms with Crippen molar-refractivity contribution in [2.45, 2.75) is 33.2 Å². The fourth-order valence-corrected chi connectivity index (χ4v) is 1.81. The Balaban J connectivity index is 2.18. The van der Waals surface area contributed by atoms with Crippen molar-refractivity contribution in [2.24, 2.45) is 5.92 Å². The van der Waals surface area contributed by atoms with Gasteiger partial charge in [0.25, 0.3) is 0 Å². The lowest BCUT2D eigenvalue weighted by atomic mass is 10.0. The lowest BCUT2D eigenvalue weighted by Gasteiger charge is -2.19. The number of halogens is 1. The largest absolute Gasteiger partial charge is 0.492 e. The van der Waals surface area contributed by atoms with Crippen molar-refractivity contribution in [3.8, 4) is 5.75 Å². The van der Waals surface area contributed by atoms with Crippen LogP contribution in [0.25, 0.3) is 0 Å². The highest BCUT2D eigenvalue weighted by Crippen LogP contribution is 2.15. The smallest absolute Gasteiger partial charge is 0.119 e. The number of hydrogen-bond acceptors (Lipinski definition) is 2. The van der Waals surface area contributed by atoms with Gasteiger partial charge in [-0.2, -0.15) is 0 Å². The average Bonchev–Trinajstić information content (AvgIpc) is 2.35. The summed E-state index contributed by atoms with van der Waals surface area (Å²) in [7, 11) is 0. The van der Waals surface area contributed by atoms with E-state index in [2.05, 4.69) is 42.0 Å². The predicted octanol–water partition coefficient (Wildman–Crippen LogP) is 3.85. The van der Waals surface area contributed by atoms with Crippen molar-refractivity contribution in [1.29, 1.82) is 0 Å². The number of nitrogens with one attached hydrogen (secondary N) is 1. The summed E-state index contributed by atoms with van der Waals surface area (Å²) in [6.07, 6.45) is 1.21. The van der Waals surface area contributed by atoms with Crippen molar-refractivity contribution in [1.82, 2.24) is 5.32 Å². The van der Waals surface area contributed by atoms with Crippen LogP contribution in [0.3, 0.4) is 0 Å². The lowest BCUT2D eigenvalue weighted by Crippen LogP contribution is -2.34. The molecule has 0 spiro atoms. The van der Waals surface area contributed by atoms with Crippen LogP contribution in [0.5, 0.6) is 5.75 Å². The molecule has 96 valence electrons. The third-order valence-corrected chi connectivity index (χ3v) is 3.68. The maximum Gasteiger partial charge on any atom is 0.119 e. The lowest BCUT2D eigenvalue weighted by molar-refractivity contribution is 0.292. The van der Waals surface area contributed by atoms with Crippen molar-refractivity contribution in [3.05, 3.63) is 28.7 Å². The predicted molar refractivity (Wildman–Crippen MR) is 76.6 cm³/mol. The van der Waals surface area contributed by atoms with Crippen LogP contribution in [-0.4, -0.2) is 19.2 Å². The molecule has 0 heterocycles. The van der Waals surface area contributed by atoms with E-state index in [0.29, 0.717) is 18.6 Å². The van der Waals surface area contributed by atoms with Gasteiger partial charge in [-0.3, -0.25) is 0 Å². The van der Waals surface area contributed by atoms with Gasteiger partial charge >= 0.3 is 0 Å². The van der Waals surface area contributed by atoms with E-state index in [0.717, 1.165) is 16.8 Å². The molecule has 0 amide bonds. The molecule has 0 bridgehead atoms. The van der Waals surface area contributed by atoms with Gasteiger partial charge in [-0.1, -0.05) is 36.2 Å². The Hall–Kier alpha value is -0.540. The Labute approximate surface area is 113 Å².